The third-order valence-corrected chi connectivity index (χ3v) is 3.25. The number of amides is 1. The number of nitrogens with one attached hydrogen (secondary N) is 1. The van der Waals surface area contributed by atoms with Gasteiger partial charge in [0.25, 0.3) is 0 Å². The van der Waals surface area contributed by atoms with E-state index in [9.17, 15) is 9.59 Å². The fourth-order valence-electron chi connectivity index (χ4n) is 1.79. The Kier molecular flexibility index (Phi) is 6.94. The van der Waals surface area contributed by atoms with Crippen molar-refractivity contribution in [3.8, 4) is 0 Å². The minimum absolute atomic E-state index is 0.0598. The Morgan fingerprint density at radius 1 is 1.43 bits per heavy atom. The average Bonchev–Trinajstić information content (AvgIpc) is 2.42. The van der Waals surface area contributed by atoms with E-state index in [4.69, 9.17) is 5.11 Å². The van der Waals surface area contributed by atoms with Gasteiger partial charge in [-0.1, -0.05) is 22.9 Å². The van der Waals surface area contributed by atoms with Crippen molar-refractivity contribution in [1.82, 2.24) is 5.32 Å². The fraction of sp³-hybridized carbons (Fsp3) is 0.333. The second kappa shape index (κ2) is 8.46. The number of benzene rings is 1. The summed E-state index contributed by atoms with van der Waals surface area (Å²) in [5, 5.41) is 11.6. The largest absolute Gasteiger partial charge is 0.478 e. The van der Waals surface area contributed by atoms with E-state index in [0.29, 0.717) is 6.54 Å². The second-order valence-electron chi connectivity index (χ2n) is 4.58. The third kappa shape index (κ3) is 5.99. The SMILES string of the molecule is CCCNC(=O)CN(C)c1ccc(Br)cc1/C=C/C(=O)O. The number of anilines is 1. The highest BCUT2D eigenvalue weighted by Gasteiger charge is 2.10. The Hall–Kier alpha value is -1.82. The molecule has 1 amide bonds. The van der Waals surface area contributed by atoms with Gasteiger partial charge < -0.3 is 15.3 Å². The average molecular weight is 355 g/mol. The van der Waals surface area contributed by atoms with E-state index in [0.717, 1.165) is 28.2 Å². The molecule has 0 radical (unpaired) electrons. The Morgan fingerprint density at radius 3 is 2.76 bits per heavy atom. The predicted molar refractivity (Wildman–Crippen MR) is 87.4 cm³/mol. The van der Waals surface area contributed by atoms with Crippen LogP contribution in [0.1, 0.15) is 18.9 Å². The molecule has 0 aliphatic heterocycles. The molecule has 0 saturated heterocycles. The van der Waals surface area contributed by atoms with Gasteiger partial charge in [0, 0.05) is 29.8 Å². The summed E-state index contributed by atoms with van der Waals surface area (Å²) in [6.07, 6.45) is 3.49. The van der Waals surface area contributed by atoms with Gasteiger partial charge in [0.1, 0.15) is 0 Å². The van der Waals surface area contributed by atoms with E-state index in [1.165, 1.54) is 6.08 Å². The maximum Gasteiger partial charge on any atom is 0.328 e. The quantitative estimate of drug-likeness (QED) is 0.738. The molecule has 0 saturated carbocycles. The minimum Gasteiger partial charge on any atom is -0.478 e. The Bertz CT molecular complexity index is 544. The molecule has 0 aromatic heterocycles. The van der Waals surface area contributed by atoms with E-state index in [2.05, 4.69) is 21.2 Å². The van der Waals surface area contributed by atoms with Crippen LogP contribution in [-0.4, -0.2) is 37.1 Å². The third-order valence-electron chi connectivity index (χ3n) is 2.76. The summed E-state index contributed by atoms with van der Waals surface area (Å²) in [4.78, 5) is 24.2. The molecule has 0 atom stereocenters. The van der Waals surface area contributed by atoms with E-state index in [1.807, 2.05) is 25.1 Å². The van der Waals surface area contributed by atoms with Crippen molar-refractivity contribution in [2.45, 2.75) is 13.3 Å². The molecule has 0 aliphatic rings. The zero-order valence-corrected chi connectivity index (χ0v) is 13.7. The van der Waals surface area contributed by atoms with Crippen molar-refractivity contribution in [1.29, 1.82) is 0 Å². The molecule has 0 unspecified atom stereocenters. The summed E-state index contributed by atoms with van der Waals surface area (Å²) in [6.45, 7) is 2.86. The number of hydrogen-bond acceptors (Lipinski definition) is 3. The molecule has 114 valence electrons. The van der Waals surface area contributed by atoms with Gasteiger partial charge in [0.15, 0.2) is 0 Å². The molecule has 2 N–H and O–H groups in total. The van der Waals surface area contributed by atoms with Gasteiger partial charge >= 0.3 is 5.97 Å². The van der Waals surface area contributed by atoms with Crippen LogP contribution >= 0.6 is 15.9 Å². The molecule has 0 spiro atoms. The van der Waals surface area contributed by atoms with Crippen molar-refractivity contribution in [3.05, 3.63) is 34.3 Å². The first-order chi connectivity index (χ1) is 9.93. The van der Waals surface area contributed by atoms with E-state index in [1.54, 1.807) is 11.9 Å². The lowest BCUT2D eigenvalue weighted by atomic mass is 10.1. The summed E-state index contributed by atoms with van der Waals surface area (Å²) in [5.41, 5.74) is 1.53. The Morgan fingerprint density at radius 2 is 2.14 bits per heavy atom. The van der Waals surface area contributed by atoms with Crippen molar-refractivity contribution in [2.24, 2.45) is 0 Å². The van der Waals surface area contributed by atoms with Gasteiger partial charge in [0.2, 0.25) is 5.91 Å². The molecule has 1 aromatic carbocycles. The van der Waals surface area contributed by atoms with Gasteiger partial charge in [-0.25, -0.2) is 4.79 Å². The summed E-state index contributed by atoms with van der Waals surface area (Å²) in [6, 6.07) is 5.52. The maximum atomic E-state index is 11.8. The molecule has 6 heteroatoms. The van der Waals surface area contributed by atoms with Crippen molar-refractivity contribution in [3.63, 3.8) is 0 Å². The van der Waals surface area contributed by atoms with E-state index < -0.39 is 5.97 Å². The van der Waals surface area contributed by atoms with Gasteiger partial charge in [-0.05, 0) is 36.3 Å². The monoisotopic (exact) mass is 354 g/mol. The summed E-state index contributed by atoms with van der Waals surface area (Å²) in [7, 11) is 1.80. The van der Waals surface area contributed by atoms with Crippen LogP contribution in [0.2, 0.25) is 0 Å². The number of likely N-dealkylation sites (N-methyl/N-ethyl adjacent to an activating group) is 1. The fourth-order valence-corrected chi connectivity index (χ4v) is 2.17. The highest BCUT2D eigenvalue weighted by atomic mass is 79.9. The Balaban J connectivity index is 2.90. The molecule has 1 rings (SSSR count). The highest BCUT2D eigenvalue weighted by Crippen LogP contribution is 2.25. The normalized spacial score (nSPS) is 10.6. The highest BCUT2D eigenvalue weighted by molar-refractivity contribution is 9.10. The lowest BCUT2D eigenvalue weighted by Crippen LogP contribution is -2.35. The van der Waals surface area contributed by atoms with Gasteiger partial charge in [-0.3, -0.25) is 4.79 Å². The number of nitrogens with zero attached hydrogens (tertiary/aromatic N) is 1. The maximum absolute atomic E-state index is 11.8. The van der Waals surface area contributed by atoms with Crippen molar-refractivity contribution < 1.29 is 14.7 Å². The molecular formula is C15H19BrN2O3. The molecule has 0 fully saturated rings. The first-order valence-corrected chi connectivity index (χ1v) is 7.41. The van der Waals surface area contributed by atoms with Crippen LogP contribution in [0.3, 0.4) is 0 Å². The van der Waals surface area contributed by atoms with Crippen LogP contribution in [0.5, 0.6) is 0 Å². The lowest BCUT2D eigenvalue weighted by molar-refractivity contribution is -0.131. The minimum atomic E-state index is -1.01. The van der Waals surface area contributed by atoms with Gasteiger partial charge in [-0.2, -0.15) is 0 Å². The molecule has 5 nitrogen and oxygen atoms in total. The van der Waals surface area contributed by atoms with Crippen LogP contribution in [0.15, 0.2) is 28.7 Å². The molecule has 1 aromatic rings. The van der Waals surface area contributed by atoms with Crippen LogP contribution in [-0.2, 0) is 9.59 Å². The number of aliphatic carboxylic acids is 1. The zero-order valence-electron chi connectivity index (χ0n) is 12.1. The van der Waals surface area contributed by atoms with Crippen LogP contribution in [0.4, 0.5) is 5.69 Å². The van der Waals surface area contributed by atoms with E-state index >= 15 is 0 Å². The number of carboxylic acids is 1. The number of hydrogen-bond donors (Lipinski definition) is 2. The number of halogens is 1. The standard InChI is InChI=1S/C15H19BrN2O3/c1-3-8-17-14(19)10-18(2)13-6-5-12(16)9-11(13)4-7-15(20)21/h4-7,9H,3,8,10H2,1-2H3,(H,17,19)(H,20,21)/b7-4+. The van der Waals surface area contributed by atoms with Crippen molar-refractivity contribution in [2.75, 3.05) is 25.0 Å². The topological polar surface area (TPSA) is 69.6 Å². The van der Waals surface area contributed by atoms with Gasteiger partial charge in [-0.15, -0.1) is 0 Å². The lowest BCUT2D eigenvalue weighted by Gasteiger charge is -2.21. The molecular weight excluding hydrogens is 336 g/mol. The zero-order chi connectivity index (χ0) is 15.8. The number of rotatable bonds is 7. The molecule has 0 aliphatic carbocycles. The molecule has 0 heterocycles. The van der Waals surface area contributed by atoms with Crippen LogP contribution in [0, 0.1) is 0 Å². The first-order valence-electron chi connectivity index (χ1n) is 6.62. The Labute approximate surface area is 132 Å². The summed E-state index contributed by atoms with van der Waals surface area (Å²) >= 11 is 3.36. The van der Waals surface area contributed by atoms with Crippen LogP contribution in [0.25, 0.3) is 6.08 Å². The molecule has 0 bridgehead atoms. The smallest absolute Gasteiger partial charge is 0.328 e. The first kappa shape index (κ1) is 17.2. The number of carbonyl (C=O) groups excluding carboxylic acids is 1. The second-order valence-corrected chi connectivity index (χ2v) is 5.50. The number of carboxylic acid groups (broad SMARTS) is 1. The van der Waals surface area contributed by atoms with Gasteiger partial charge in [0.05, 0.1) is 6.54 Å². The summed E-state index contributed by atoms with van der Waals surface area (Å²) in [5.74, 6) is -1.07. The summed E-state index contributed by atoms with van der Waals surface area (Å²) < 4.78 is 0.847. The number of carbonyl (C=O) groups is 2. The molecule has 21 heavy (non-hydrogen) atoms. The predicted octanol–water partition coefficient (Wildman–Crippen LogP) is 2.51. The van der Waals surface area contributed by atoms with Crippen LogP contribution < -0.4 is 10.2 Å². The van der Waals surface area contributed by atoms with E-state index in [-0.39, 0.29) is 12.5 Å². The van der Waals surface area contributed by atoms with Crippen molar-refractivity contribution >= 4 is 39.6 Å².